The smallest absolute Gasteiger partial charge is 0.251 e. The van der Waals surface area contributed by atoms with Gasteiger partial charge in [-0.25, -0.2) is 0 Å². The number of aromatic nitrogens is 1. The lowest BCUT2D eigenvalue weighted by atomic mass is 10.0. The number of hydrogen-bond acceptors (Lipinski definition) is 4. The SMILES string of the molecule is CN/C(C)=C\C(C)=C(/C=O)CNC(=O)c1cc2cccn2c(C(C)OCc2ccccc2)c1C. The first-order valence-electron chi connectivity index (χ1n) is 11.4. The molecule has 2 aromatic heterocycles. The number of nitrogens with zero attached hydrogens (tertiary/aromatic N) is 1. The van der Waals surface area contributed by atoms with E-state index in [0.29, 0.717) is 17.7 Å². The molecule has 3 aromatic rings. The Morgan fingerprint density at radius 2 is 1.88 bits per heavy atom. The number of benzene rings is 1. The summed E-state index contributed by atoms with van der Waals surface area (Å²) in [6.45, 7) is 8.35. The number of pyridine rings is 1. The molecule has 0 spiro atoms. The van der Waals surface area contributed by atoms with E-state index in [1.165, 1.54) is 0 Å². The van der Waals surface area contributed by atoms with Gasteiger partial charge in [-0.1, -0.05) is 30.3 Å². The average molecular weight is 460 g/mol. The third-order valence-corrected chi connectivity index (χ3v) is 6.01. The lowest BCUT2D eigenvalue weighted by Gasteiger charge is -2.21. The molecule has 2 N–H and O–H groups in total. The van der Waals surface area contributed by atoms with Gasteiger partial charge in [0, 0.05) is 42.1 Å². The van der Waals surface area contributed by atoms with Crippen LogP contribution in [-0.4, -0.2) is 30.2 Å². The van der Waals surface area contributed by atoms with Gasteiger partial charge >= 0.3 is 0 Å². The summed E-state index contributed by atoms with van der Waals surface area (Å²) in [6, 6.07) is 15.8. The fourth-order valence-corrected chi connectivity index (χ4v) is 3.95. The van der Waals surface area contributed by atoms with Gasteiger partial charge in [0.25, 0.3) is 5.91 Å². The Morgan fingerprint density at radius 1 is 1.15 bits per heavy atom. The van der Waals surface area contributed by atoms with Crippen LogP contribution in [0.15, 0.2) is 77.6 Å². The van der Waals surface area contributed by atoms with E-state index in [4.69, 9.17) is 4.74 Å². The summed E-state index contributed by atoms with van der Waals surface area (Å²) in [5.41, 5.74) is 6.63. The molecule has 0 fully saturated rings. The van der Waals surface area contributed by atoms with Crippen LogP contribution < -0.4 is 10.6 Å². The summed E-state index contributed by atoms with van der Waals surface area (Å²) >= 11 is 0. The van der Waals surface area contributed by atoms with Crippen LogP contribution in [0.25, 0.3) is 5.52 Å². The van der Waals surface area contributed by atoms with Crippen molar-refractivity contribution in [3.63, 3.8) is 0 Å². The number of nitrogens with one attached hydrogen (secondary N) is 2. The van der Waals surface area contributed by atoms with Crippen LogP contribution in [0.1, 0.15) is 54.1 Å². The highest BCUT2D eigenvalue weighted by Crippen LogP contribution is 2.27. The van der Waals surface area contributed by atoms with Crippen molar-refractivity contribution in [2.45, 2.75) is 40.4 Å². The molecule has 34 heavy (non-hydrogen) atoms. The molecule has 0 saturated carbocycles. The standard InChI is InChI=1S/C28H33N3O3/c1-19(14-20(2)29-5)24(17-32)16-30-28(33)26-15-25-12-9-13-31(25)27(21(26)3)22(4)34-18-23-10-7-6-8-11-23/h6-15,17,22,29H,16,18H2,1-5H3,(H,30,33)/b20-14-,24-19-. The van der Waals surface area contributed by atoms with Crippen LogP contribution in [-0.2, 0) is 16.1 Å². The number of hydrogen-bond donors (Lipinski definition) is 2. The lowest BCUT2D eigenvalue weighted by molar-refractivity contribution is -0.105. The van der Waals surface area contributed by atoms with Crippen molar-refractivity contribution in [1.82, 2.24) is 15.0 Å². The zero-order chi connectivity index (χ0) is 24.7. The minimum Gasteiger partial charge on any atom is -0.392 e. The Labute approximate surface area is 201 Å². The molecule has 2 heterocycles. The number of carbonyl (C=O) groups excluding carboxylic acids is 2. The van der Waals surface area contributed by atoms with Gasteiger partial charge in [-0.15, -0.1) is 0 Å². The predicted molar refractivity (Wildman–Crippen MR) is 136 cm³/mol. The number of rotatable bonds is 10. The number of amides is 1. The molecule has 1 atom stereocenters. The van der Waals surface area contributed by atoms with Crippen LogP contribution >= 0.6 is 0 Å². The molecule has 0 aliphatic heterocycles. The largest absolute Gasteiger partial charge is 0.392 e. The van der Waals surface area contributed by atoms with Crippen LogP contribution in [0.2, 0.25) is 0 Å². The van der Waals surface area contributed by atoms with Crippen molar-refractivity contribution >= 4 is 17.7 Å². The van der Waals surface area contributed by atoms with Crippen molar-refractivity contribution in [1.29, 1.82) is 0 Å². The minimum atomic E-state index is -0.231. The van der Waals surface area contributed by atoms with Crippen molar-refractivity contribution in [2.75, 3.05) is 13.6 Å². The molecule has 6 heteroatoms. The average Bonchev–Trinajstić information content (AvgIpc) is 3.31. The first-order chi connectivity index (χ1) is 16.3. The van der Waals surface area contributed by atoms with Gasteiger partial charge in [0.15, 0.2) is 0 Å². The van der Waals surface area contributed by atoms with E-state index in [1.54, 1.807) is 0 Å². The number of allylic oxidation sites excluding steroid dienone is 3. The van der Waals surface area contributed by atoms with Gasteiger partial charge < -0.3 is 19.8 Å². The number of carbonyl (C=O) groups is 2. The molecule has 0 radical (unpaired) electrons. The first kappa shape index (κ1) is 25.0. The Balaban J connectivity index is 1.85. The number of ether oxygens (including phenoxy) is 1. The molecule has 6 nitrogen and oxygen atoms in total. The monoisotopic (exact) mass is 459 g/mol. The molecule has 178 valence electrons. The molecule has 0 bridgehead atoms. The third kappa shape index (κ3) is 5.83. The van der Waals surface area contributed by atoms with E-state index in [-0.39, 0.29) is 18.6 Å². The maximum atomic E-state index is 13.2. The second kappa shape index (κ2) is 11.5. The summed E-state index contributed by atoms with van der Waals surface area (Å²) in [4.78, 5) is 24.8. The molecular weight excluding hydrogens is 426 g/mol. The summed E-state index contributed by atoms with van der Waals surface area (Å²) < 4.78 is 8.25. The Bertz CT molecular complexity index is 1220. The fraction of sp³-hybridized carbons (Fsp3) is 0.286. The van der Waals surface area contributed by atoms with Crippen LogP contribution in [0.3, 0.4) is 0 Å². The third-order valence-electron chi connectivity index (χ3n) is 6.01. The topological polar surface area (TPSA) is 71.8 Å². The van der Waals surface area contributed by atoms with Gasteiger partial charge in [0.2, 0.25) is 0 Å². The van der Waals surface area contributed by atoms with Gasteiger partial charge in [-0.2, -0.15) is 0 Å². The van der Waals surface area contributed by atoms with Crippen LogP contribution in [0.5, 0.6) is 0 Å². The van der Waals surface area contributed by atoms with Gasteiger partial charge in [-0.3, -0.25) is 9.59 Å². The van der Waals surface area contributed by atoms with Crippen molar-refractivity contribution < 1.29 is 14.3 Å². The highest BCUT2D eigenvalue weighted by molar-refractivity contribution is 5.97. The summed E-state index contributed by atoms with van der Waals surface area (Å²) in [6.07, 6.45) is 4.43. The first-order valence-corrected chi connectivity index (χ1v) is 11.4. The predicted octanol–water partition coefficient (Wildman–Crippen LogP) is 4.89. The van der Waals surface area contributed by atoms with Crippen LogP contribution in [0.4, 0.5) is 0 Å². The van der Waals surface area contributed by atoms with Crippen molar-refractivity contribution in [3.05, 3.63) is 100 Å². The summed E-state index contributed by atoms with van der Waals surface area (Å²) in [5.74, 6) is -0.223. The fourth-order valence-electron chi connectivity index (χ4n) is 3.95. The molecule has 3 rings (SSSR count). The maximum Gasteiger partial charge on any atom is 0.251 e. The van der Waals surface area contributed by atoms with Crippen molar-refractivity contribution in [2.24, 2.45) is 0 Å². The van der Waals surface area contributed by atoms with Gasteiger partial charge in [-0.05, 0) is 68.7 Å². The van der Waals surface area contributed by atoms with Gasteiger partial charge in [0.1, 0.15) is 6.29 Å². The Kier molecular flexibility index (Phi) is 8.44. The molecule has 1 aromatic carbocycles. The van der Waals surface area contributed by atoms with E-state index < -0.39 is 0 Å². The zero-order valence-corrected chi connectivity index (χ0v) is 20.5. The molecular formula is C28H33N3O3. The molecule has 0 aliphatic rings. The molecule has 1 unspecified atom stereocenters. The van der Waals surface area contributed by atoms with Crippen molar-refractivity contribution in [3.8, 4) is 0 Å². The van der Waals surface area contributed by atoms with E-state index in [0.717, 1.165) is 39.9 Å². The molecule has 1 amide bonds. The Morgan fingerprint density at radius 3 is 2.56 bits per heavy atom. The van der Waals surface area contributed by atoms with Gasteiger partial charge in [0.05, 0.1) is 18.4 Å². The number of fused-ring (bicyclic) bond motifs is 1. The second-order valence-corrected chi connectivity index (χ2v) is 8.40. The van der Waals surface area contributed by atoms with Crippen LogP contribution in [0, 0.1) is 6.92 Å². The van der Waals surface area contributed by atoms with E-state index in [2.05, 4.69) is 15.0 Å². The maximum absolute atomic E-state index is 13.2. The molecule has 0 aliphatic carbocycles. The number of aldehydes is 1. The summed E-state index contributed by atoms with van der Waals surface area (Å²) in [7, 11) is 1.82. The second-order valence-electron chi connectivity index (χ2n) is 8.40. The van der Waals surface area contributed by atoms with E-state index >= 15 is 0 Å². The lowest BCUT2D eigenvalue weighted by Crippen LogP contribution is -2.28. The van der Waals surface area contributed by atoms with E-state index in [9.17, 15) is 9.59 Å². The zero-order valence-electron chi connectivity index (χ0n) is 20.5. The molecule has 0 saturated heterocycles. The Hall–Kier alpha value is -3.64. The quantitative estimate of drug-likeness (QED) is 0.257. The normalized spacial score (nSPS) is 13.4. The minimum absolute atomic E-state index is 0.155. The highest BCUT2D eigenvalue weighted by Gasteiger charge is 2.20. The highest BCUT2D eigenvalue weighted by atomic mass is 16.5. The summed E-state index contributed by atoms with van der Waals surface area (Å²) in [5, 5.41) is 5.95. The van der Waals surface area contributed by atoms with E-state index in [1.807, 2.05) is 95.5 Å².